The molecule has 3 atom stereocenters. The second kappa shape index (κ2) is 6.60. The number of halogens is 2. The van der Waals surface area contributed by atoms with E-state index in [0.717, 1.165) is 32.1 Å². The Morgan fingerprint density at radius 1 is 1.35 bits per heavy atom. The summed E-state index contributed by atoms with van der Waals surface area (Å²) >= 11 is 0. The van der Waals surface area contributed by atoms with Gasteiger partial charge in [0, 0.05) is 12.0 Å². The lowest BCUT2D eigenvalue weighted by Gasteiger charge is -2.48. The van der Waals surface area contributed by atoms with Gasteiger partial charge in [-0.1, -0.05) is 12.8 Å². The Kier molecular flexibility index (Phi) is 5.32. The molecule has 0 aromatic rings. The maximum Gasteiger partial charge on any atom is 0.465 e. The molecule has 2 aliphatic rings. The van der Waals surface area contributed by atoms with E-state index in [-0.39, 0.29) is 19.1 Å². The lowest BCUT2D eigenvalue weighted by Crippen LogP contribution is -2.44. The number of aliphatic hydroxyl groups excluding tert-OH is 1. The van der Waals surface area contributed by atoms with Crippen LogP contribution in [-0.2, 0) is 19.6 Å². The molecule has 0 heterocycles. The molecule has 134 valence electrons. The fourth-order valence-electron chi connectivity index (χ4n) is 4.14. The highest BCUT2D eigenvalue weighted by atomic mass is 32.2. The number of aliphatic hydroxyl groups is 1. The Morgan fingerprint density at radius 2 is 2.04 bits per heavy atom. The number of esters is 1. The van der Waals surface area contributed by atoms with Crippen LogP contribution in [0.25, 0.3) is 0 Å². The first-order chi connectivity index (χ1) is 10.6. The number of alkyl halides is 2. The van der Waals surface area contributed by atoms with E-state index < -0.39 is 26.8 Å². The van der Waals surface area contributed by atoms with Crippen LogP contribution in [0.1, 0.15) is 44.9 Å². The first-order valence-corrected chi connectivity index (χ1v) is 9.16. The van der Waals surface area contributed by atoms with Gasteiger partial charge in [0.05, 0.1) is 6.61 Å². The van der Waals surface area contributed by atoms with E-state index in [1.54, 1.807) is 0 Å². The zero-order valence-electron chi connectivity index (χ0n) is 12.7. The van der Waals surface area contributed by atoms with Gasteiger partial charge in [0.25, 0.3) is 0 Å². The number of carbonyl (C=O) groups is 1. The third-order valence-corrected chi connectivity index (χ3v) is 5.85. The number of carbonyl (C=O) groups excluding carboxylic acids is 1. The molecule has 2 saturated carbocycles. The number of rotatable bonds is 6. The molecule has 3 unspecified atom stereocenters. The topological polar surface area (TPSA) is 101 Å². The quantitative estimate of drug-likeness (QED) is 0.557. The van der Waals surface area contributed by atoms with Crippen LogP contribution in [-0.4, -0.2) is 42.5 Å². The van der Waals surface area contributed by atoms with Crippen LogP contribution in [0.5, 0.6) is 0 Å². The normalized spacial score (nSPS) is 31.7. The Morgan fingerprint density at radius 3 is 2.65 bits per heavy atom. The SMILES string of the molecule is O=C(OCC12CCCC(CC(CCO)C1)C2)C(F)(F)S(=O)(=O)O. The standard InChI is InChI=1S/C14H22F2O6S/c15-14(16,23(19,20)21)12(18)22-9-13-4-1-2-10(7-13)6-11(8-13)3-5-17/h10-11,17H,1-9H2,(H,19,20,21). The Balaban J connectivity index is 2.04. The Hall–Kier alpha value is -0.800. The molecule has 2 fully saturated rings. The highest BCUT2D eigenvalue weighted by molar-refractivity contribution is 7.87. The van der Waals surface area contributed by atoms with Crippen molar-refractivity contribution >= 4 is 16.1 Å². The molecular weight excluding hydrogens is 334 g/mol. The molecule has 2 aliphatic carbocycles. The van der Waals surface area contributed by atoms with Gasteiger partial charge in [-0.15, -0.1) is 0 Å². The van der Waals surface area contributed by atoms with Gasteiger partial charge in [-0.2, -0.15) is 17.2 Å². The number of hydrogen-bond acceptors (Lipinski definition) is 5. The van der Waals surface area contributed by atoms with Crippen molar-refractivity contribution in [2.24, 2.45) is 17.3 Å². The van der Waals surface area contributed by atoms with Gasteiger partial charge >= 0.3 is 21.3 Å². The summed E-state index contributed by atoms with van der Waals surface area (Å²) in [5.41, 5.74) is -0.439. The summed E-state index contributed by atoms with van der Waals surface area (Å²) in [6.07, 6.45) is 5.65. The van der Waals surface area contributed by atoms with E-state index >= 15 is 0 Å². The molecule has 0 saturated heterocycles. The van der Waals surface area contributed by atoms with Crippen molar-refractivity contribution in [3.05, 3.63) is 0 Å². The minimum Gasteiger partial charge on any atom is -0.460 e. The minimum atomic E-state index is -5.84. The molecule has 0 aromatic carbocycles. The molecular formula is C14H22F2O6S. The number of ether oxygens (including phenoxy) is 1. The Bertz CT molecular complexity index is 549. The maximum atomic E-state index is 13.2. The lowest BCUT2D eigenvalue weighted by atomic mass is 9.59. The Labute approximate surface area is 134 Å². The van der Waals surface area contributed by atoms with Gasteiger partial charge < -0.3 is 9.84 Å². The van der Waals surface area contributed by atoms with Gasteiger partial charge in [0.1, 0.15) is 0 Å². The fraction of sp³-hybridized carbons (Fsp3) is 0.929. The summed E-state index contributed by atoms with van der Waals surface area (Å²) in [5, 5.41) is 4.15. The first-order valence-electron chi connectivity index (χ1n) is 7.72. The molecule has 2 rings (SSSR count). The summed E-state index contributed by atoms with van der Waals surface area (Å²) in [6, 6.07) is 0. The van der Waals surface area contributed by atoms with Crippen molar-refractivity contribution in [3.63, 3.8) is 0 Å². The van der Waals surface area contributed by atoms with Crippen molar-refractivity contribution in [2.75, 3.05) is 13.2 Å². The highest BCUT2D eigenvalue weighted by Crippen LogP contribution is 2.52. The van der Waals surface area contributed by atoms with Crippen LogP contribution in [0.2, 0.25) is 0 Å². The van der Waals surface area contributed by atoms with Crippen LogP contribution >= 0.6 is 0 Å². The summed E-state index contributed by atoms with van der Waals surface area (Å²) < 4.78 is 60.7. The molecule has 9 heteroatoms. The maximum absolute atomic E-state index is 13.2. The molecule has 23 heavy (non-hydrogen) atoms. The van der Waals surface area contributed by atoms with E-state index in [0.29, 0.717) is 18.8 Å². The lowest BCUT2D eigenvalue weighted by molar-refractivity contribution is -0.168. The predicted octanol–water partition coefficient (Wildman–Crippen LogP) is 1.98. The highest BCUT2D eigenvalue weighted by Gasteiger charge is 2.55. The van der Waals surface area contributed by atoms with Crippen molar-refractivity contribution < 1.29 is 36.4 Å². The summed E-state index contributed by atoms with van der Waals surface area (Å²) in [5.74, 6) is -1.57. The van der Waals surface area contributed by atoms with Crippen molar-refractivity contribution in [3.8, 4) is 0 Å². The molecule has 0 amide bonds. The van der Waals surface area contributed by atoms with E-state index in [4.69, 9.17) is 9.66 Å². The van der Waals surface area contributed by atoms with Crippen LogP contribution < -0.4 is 0 Å². The monoisotopic (exact) mass is 356 g/mol. The van der Waals surface area contributed by atoms with Crippen LogP contribution in [0.4, 0.5) is 8.78 Å². The van der Waals surface area contributed by atoms with E-state index in [2.05, 4.69) is 4.74 Å². The largest absolute Gasteiger partial charge is 0.465 e. The van der Waals surface area contributed by atoms with Gasteiger partial charge in [-0.3, -0.25) is 4.55 Å². The van der Waals surface area contributed by atoms with Crippen molar-refractivity contribution in [1.29, 1.82) is 0 Å². The van der Waals surface area contributed by atoms with Gasteiger partial charge in [0.2, 0.25) is 0 Å². The fourth-order valence-corrected chi connectivity index (χ4v) is 4.41. The predicted molar refractivity (Wildman–Crippen MR) is 76.3 cm³/mol. The smallest absolute Gasteiger partial charge is 0.460 e. The van der Waals surface area contributed by atoms with Gasteiger partial charge in [-0.25, -0.2) is 4.79 Å². The zero-order valence-corrected chi connectivity index (χ0v) is 13.5. The third kappa shape index (κ3) is 4.00. The molecule has 6 nitrogen and oxygen atoms in total. The molecule has 2 bridgehead atoms. The van der Waals surface area contributed by atoms with Crippen LogP contribution in [0, 0.1) is 17.3 Å². The summed E-state index contributed by atoms with van der Waals surface area (Å²) in [4.78, 5) is 11.4. The molecule has 0 aliphatic heterocycles. The second-order valence-electron chi connectivity index (χ2n) is 6.85. The van der Waals surface area contributed by atoms with Crippen molar-refractivity contribution in [2.45, 2.75) is 50.2 Å². The summed E-state index contributed by atoms with van der Waals surface area (Å²) in [6.45, 7) is -0.233. The van der Waals surface area contributed by atoms with Gasteiger partial charge in [0.15, 0.2) is 0 Å². The van der Waals surface area contributed by atoms with Crippen LogP contribution in [0.15, 0.2) is 0 Å². The van der Waals surface area contributed by atoms with E-state index in [9.17, 15) is 22.0 Å². The summed E-state index contributed by atoms with van der Waals surface area (Å²) in [7, 11) is -5.84. The average molecular weight is 356 g/mol. The molecule has 0 aromatic heterocycles. The van der Waals surface area contributed by atoms with E-state index in [1.165, 1.54) is 0 Å². The number of fused-ring (bicyclic) bond motifs is 2. The first kappa shape index (κ1) is 18.5. The average Bonchev–Trinajstić information content (AvgIpc) is 2.43. The zero-order chi connectivity index (χ0) is 17.3. The van der Waals surface area contributed by atoms with E-state index in [1.807, 2.05) is 0 Å². The molecule has 2 N–H and O–H groups in total. The van der Waals surface area contributed by atoms with Gasteiger partial charge in [-0.05, 0) is 43.9 Å². The number of hydrogen-bond donors (Lipinski definition) is 2. The molecule has 0 radical (unpaired) electrons. The van der Waals surface area contributed by atoms with Crippen molar-refractivity contribution in [1.82, 2.24) is 0 Å². The third-order valence-electron chi connectivity index (χ3n) is 5.04. The second-order valence-corrected chi connectivity index (χ2v) is 8.31. The van der Waals surface area contributed by atoms with Crippen LogP contribution in [0.3, 0.4) is 0 Å². The molecule has 0 spiro atoms. The minimum absolute atomic E-state index is 0.0497.